The SMILES string of the molecule is Cc1nc(CN2C[C@@H](F)C[C@H]2CNC(=O)[C@H](C)n2cncn2)cs1. The lowest BCUT2D eigenvalue weighted by atomic mass is 10.2. The molecule has 1 aliphatic rings. The third-order valence-corrected chi connectivity index (χ3v) is 5.06. The van der Waals surface area contributed by atoms with E-state index in [2.05, 4.69) is 25.3 Å². The number of likely N-dealkylation sites (tertiary alicyclic amines) is 1. The highest BCUT2D eigenvalue weighted by Crippen LogP contribution is 2.23. The number of hydrogen-bond donors (Lipinski definition) is 1. The monoisotopic (exact) mass is 352 g/mol. The molecule has 0 aromatic carbocycles. The summed E-state index contributed by atoms with van der Waals surface area (Å²) in [5.74, 6) is -0.146. The van der Waals surface area contributed by atoms with Crippen LogP contribution in [0.1, 0.15) is 30.1 Å². The summed E-state index contributed by atoms with van der Waals surface area (Å²) in [6.07, 6.45) is 2.47. The van der Waals surface area contributed by atoms with Gasteiger partial charge >= 0.3 is 0 Å². The van der Waals surface area contributed by atoms with Gasteiger partial charge in [-0.3, -0.25) is 9.69 Å². The van der Waals surface area contributed by atoms with Crippen LogP contribution in [0, 0.1) is 6.92 Å². The molecule has 0 bridgehead atoms. The molecule has 130 valence electrons. The highest BCUT2D eigenvalue weighted by atomic mass is 32.1. The first-order chi connectivity index (χ1) is 11.5. The number of carbonyl (C=O) groups excluding carboxylic acids is 1. The van der Waals surface area contributed by atoms with E-state index >= 15 is 0 Å². The molecule has 1 N–H and O–H groups in total. The van der Waals surface area contributed by atoms with Crippen LogP contribution in [0.15, 0.2) is 18.0 Å². The molecule has 0 spiro atoms. The van der Waals surface area contributed by atoms with Gasteiger partial charge in [-0.05, 0) is 20.3 Å². The smallest absolute Gasteiger partial charge is 0.244 e. The summed E-state index contributed by atoms with van der Waals surface area (Å²) >= 11 is 1.59. The van der Waals surface area contributed by atoms with Gasteiger partial charge in [-0.25, -0.2) is 19.0 Å². The molecule has 0 radical (unpaired) electrons. The average Bonchev–Trinajstić information content (AvgIpc) is 3.27. The molecule has 0 aliphatic carbocycles. The highest BCUT2D eigenvalue weighted by Gasteiger charge is 2.33. The fourth-order valence-electron chi connectivity index (χ4n) is 2.92. The predicted octanol–water partition coefficient (Wildman–Crippen LogP) is 1.33. The van der Waals surface area contributed by atoms with Gasteiger partial charge in [0.05, 0.1) is 10.7 Å². The molecule has 3 rings (SSSR count). The minimum absolute atomic E-state index is 0.0195. The van der Waals surface area contributed by atoms with E-state index in [-0.39, 0.29) is 11.9 Å². The van der Waals surface area contributed by atoms with E-state index in [1.807, 2.05) is 12.3 Å². The third-order valence-electron chi connectivity index (χ3n) is 4.23. The number of aryl methyl sites for hydroxylation is 1. The van der Waals surface area contributed by atoms with E-state index in [4.69, 9.17) is 0 Å². The Morgan fingerprint density at radius 3 is 3.08 bits per heavy atom. The Morgan fingerprint density at radius 2 is 2.42 bits per heavy atom. The normalized spacial score (nSPS) is 22.6. The maximum Gasteiger partial charge on any atom is 0.244 e. The number of thiazole rings is 1. The molecule has 3 atom stereocenters. The van der Waals surface area contributed by atoms with Crippen LogP contribution >= 0.6 is 11.3 Å². The molecule has 1 saturated heterocycles. The zero-order valence-corrected chi connectivity index (χ0v) is 14.5. The first-order valence-corrected chi connectivity index (χ1v) is 8.82. The van der Waals surface area contributed by atoms with Gasteiger partial charge in [0.2, 0.25) is 5.91 Å². The van der Waals surface area contributed by atoms with Crippen molar-refractivity contribution in [3.63, 3.8) is 0 Å². The molecule has 3 heterocycles. The van der Waals surface area contributed by atoms with Crippen LogP contribution in [0.5, 0.6) is 0 Å². The van der Waals surface area contributed by atoms with Crippen LogP contribution in [0.3, 0.4) is 0 Å². The highest BCUT2D eigenvalue weighted by molar-refractivity contribution is 7.09. The van der Waals surface area contributed by atoms with Crippen LogP contribution in [-0.4, -0.2) is 55.9 Å². The number of hydrogen-bond acceptors (Lipinski definition) is 6. The minimum atomic E-state index is -0.862. The summed E-state index contributed by atoms with van der Waals surface area (Å²) in [6, 6.07) is -0.460. The van der Waals surface area contributed by atoms with Gasteiger partial charge < -0.3 is 5.32 Å². The summed E-state index contributed by atoms with van der Waals surface area (Å²) in [5, 5.41) is 9.88. The van der Waals surface area contributed by atoms with Gasteiger partial charge in [0, 0.05) is 31.1 Å². The number of nitrogens with zero attached hydrogens (tertiary/aromatic N) is 5. The molecule has 2 aromatic heterocycles. The summed E-state index contributed by atoms with van der Waals surface area (Å²) in [6.45, 7) is 5.13. The van der Waals surface area contributed by atoms with E-state index in [1.54, 1.807) is 18.3 Å². The molecule has 0 unspecified atom stereocenters. The number of halogens is 1. The van der Waals surface area contributed by atoms with Crippen molar-refractivity contribution in [1.82, 2.24) is 30.0 Å². The Kier molecular flexibility index (Phi) is 5.20. The van der Waals surface area contributed by atoms with E-state index in [0.717, 1.165) is 10.7 Å². The number of amides is 1. The van der Waals surface area contributed by atoms with Gasteiger partial charge in [0.1, 0.15) is 24.9 Å². The first-order valence-electron chi connectivity index (χ1n) is 7.94. The lowest BCUT2D eigenvalue weighted by Crippen LogP contribution is -2.42. The number of aromatic nitrogens is 4. The van der Waals surface area contributed by atoms with E-state index < -0.39 is 12.2 Å². The van der Waals surface area contributed by atoms with Gasteiger partial charge in [-0.15, -0.1) is 11.3 Å². The van der Waals surface area contributed by atoms with E-state index in [9.17, 15) is 9.18 Å². The Labute approximate surface area is 143 Å². The van der Waals surface area contributed by atoms with Crippen LogP contribution in [0.2, 0.25) is 0 Å². The van der Waals surface area contributed by atoms with Gasteiger partial charge in [-0.2, -0.15) is 5.10 Å². The fraction of sp³-hybridized carbons (Fsp3) is 0.600. The minimum Gasteiger partial charge on any atom is -0.353 e. The van der Waals surface area contributed by atoms with Crippen LogP contribution < -0.4 is 5.32 Å². The number of nitrogens with one attached hydrogen (secondary N) is 1. The number of alkyl halides is 1. The summed E-state index contributed by atoms with van der Waals surface area (Å²) in [5.41, 5.74) is 0.957. The Bertz CT molecular complexity index is 675. The molecule has 1 fully saturated rings. The summed E-state index contributed by atoms with van der Waals surface area (Å²) in [7, 11) is 0. The molecule has 1 amide bonds. The second-order valence-electron chi connectivity index (χ2n) is 6.07. The lowest BCUT2D eigenvalue weighted by molar-refractivity contribution is -0.124. The van der Waals surface area contributed by atoms with Crippen LogP contribution in [-0.2, 0) is 11.3 Å². The van der Waals surface area contributed by atoms with Crippen molar-refractivity contribution in [1.29, 1.82) is 0 Å². The number of carbonyl (C=O) groups is 1. The standard InChI is InChI=1S/C15H21FN6OS/c1-10(22-9-17-8-19-22)15(23)18-4-14-3-12(16)5-21(14)6-13-7-24-11(2)20-13/h7-10,12,14H,3-6H2,1-2H3,(H,18,23)/t10-,12-,14-/m0/s1. The van der Waals surface area contributed by atoms with Crippen LogP contribution in [0.4, 0.5) is 4.39 Å². The first kappa shape index (κ1) is 17.0. The van der Waals surface area contributed by atoms with Crippen molar-refractivity contribution in [3.05, 3.63) is 28.7 Å². The van der Waals surface area contributed by atoms with Crippen LogP contribution in [0.25, 0.3) is 0 Å². The molecule has 1 aliphatic heterocycles. The topological polar surface area (TPSA) is 75.9 Å². The van der Waals surface area contributed by atoms with E-state index in [1.165, 1.54) is 17.3 Å². The zero-order valence-electron chi connectivity index (χ0n) is 13.7. The largest absolute Gasteiger partial charge is 0.353 e. The molecule has 0 saturated carbocycles. The Morgan fingerprint density at radius 1 is 1.58 bits per heavy atom. The molecule has 9 heteroatoms. The summed E-state index contributed by atoms with van der Waals surface area (Å²) < 4.78 is 15.3. The van der Waals surface area contributed by atoms with Crippen molar-refractivity contribution in [2.75, 3.05) is 13.1 Å². The van der Waals surface area contributed by atoms with Crippen molar-refractivity contribution in [2.45, 2.75) is 45.1 Å². The third kappa shape index (κ3) is 3.96. The summed E-state index contributed by atoms with van der Waals surface area (Å²) in [4.78, 5) is 22.6. The predicted molar refractivity (Wildman–Crippen MR) is 88.3 cm³/mol. The molecular formula is C15H21FN6OS. The molecule has 2 aromatic rings. The second-order valence-corrected chi connectivity index (χ2v) is 7.13. The zero-order chi connectivity index (χ0) is 17.1. The van der Waals surface area contributed by atoms with Crippen molar-refractivity contribution in [3.8, 4) is 0 Å². The average molecular weight is 352 g/mol. The Balaban J connectivity index is 1.55. The maximum atomic E-state index is 13.8. The quantitative estimate of drug-likeness (QED) is 0.849. The van der Waals surface area contributed by atoms with Crippen molar-refractivity contribution >= 4 is 17.2 Å². The van der Waals surface area contributed by atoms with Gasteiger partial charge in [0.15, 0.2) is 0 Å². The van der Waals surface area contributed by atoms with Crippen molar-refractivity contribution < 1.29 is 9.18 Å². The van der Waals surface area contributed by atoms with Crippen molar-refractivity contribution in [2.24, 2.45) is 0 Å². The molecule has 7 nitrogen and oxygen atoms in total. The van der Waals surface area contributed by atoms with Gasteiger partial charge in [-0.1, -0.05) is 0 Å². The van der Waals surface area contributed by atoms with Gasteiger partial charge in [0.25, 0.3) is 0 Å². The Hall–Kier alpha value is -1.87. The second kappa shape index (κ2) is 7.35. The molecular weight excluding hydrogens is 331 g/mol. The fourth-order valence-corrected chi connectivity index (χ4v) is 3.52. The maximum absolute atomic E-state index is 13.8. The van der Waals surface area contributed by atoms with E-state index in [0.29, 0.717) is 26.1 Å². The lowest BCUT2D eigenvalue weighted by Gasteiger charge is -2.24. The number of rotatable bonds is 6. The molecule has 24 heavy (non-hydrogen) atoms.